The van der Waals surface area contributed by atoms with Crippen molar-refractivity contribution in [3.05, 3.63) is 78.1 Å². The van der Waals surface area contributed by atoms with E-state index >= 15 is 4.39 Å². The Morgan fingerprint density at radius 3 is 2.76 bits per heavy atom. The first-order chi connectivity index (χ1) is 26.2. The van der Waals surface area contributed by atoms with E-state index in [1.165, 1.54) is 18.2 Å². The molecular weight excluding hydrogens is 713 g/mol. The SMILES string of the molecule is C#Cc1cccc2cc(OS(=O)(=O)c3ccccc3)cc(-c3cc4c5c(nc(OC[C@@]67CCCN6C[C@H](F)C7)nc5c3F)N3C[C@H]5CC[C@H](N5)[C@H]3CO4)c12. The third-order valence-corrected chi connectivity index (χ3v) is 13.2. The van der Waals surface area contributed by atoms with Gasteiger partial charge in [-0.05, 0) is 79.6 Å². The van der Waals surface area contributed by atoms with Crippen molar-refractivity contribution in [2.24, 2.45) is 0 Å². The van der Waals surface area contributed by atoms with Crippen molar-refractivity contribution < 1.29 is 30.9 Å². The van der Waals surface area contributed by atoms with E-state index in [-0.39, 0.29) is 52.5 Å². The number of rotatable bonds is 7. The smallest absolute Gasteiger partial charge is 0.339 e. The zero-order valence-electron chi connectivity index (χ0n) is 29.3. The van der Waals surface area contributed by atoms with Gasteiger partial charge in [-0.2, -0.15) is 18.4 Å². The molecule has 5 atom stereocenters. The summed E-state index contributed by atoms with van der Waals surface area (Å²) in [6.07, 6.45) is 9.17. The summed E-state index contributed by atoms with van der Waals surface area (Å²) in [6.45, 7) is 2.35. The monoisotopic (exact) mass is 749 g/mol. The lowest BCUT2D eigenvalue weighted by Gasteiger charge is -2.40. The van der Waals surface area contributed by atoms with E-state index in [2.05, 4.69) is 21.0 Å². The van der Waals surface area contributed by atoms with E-state index in [1.54, 1.807) is 48.5 Å². The predicted molar refractivity (Wildman–Crippen MR) is 200 cm³/mol. The van der Waals surface area contributed by atoms with Gasteiger partial charge in [-0.3, -0.25) is 4.90 Å². The topological polar surface area (TPSA) is 106 Å². The van der Waals surface area contributed by atoms with Crippen molar-refractivity contribution in [2.45, 2.75) is 66.8 Å². The molecule has 5 aliphatic rings. The molecule has 0 saturated carbocycles. The molecule has 0 radical (unpaired) electrons. The summed E-state index contributed by atoms with van der Waals surface area (Å²) in [6, 6.07) is 18.1. The first-order valence-corrected chi connectivity index (χ1v) is 19.9. The second-order valence-electron chi connectivity index (χ2n) is 15.1. The normalized spacial score (nSPS) is 25.9. The van der Waals surface area contributed by atoms with Crippen LogP contribution in [0.3, 0.4) is 0 Å². The van der Waals surface area contributed by atoms with Crippen LogP contribution >= 0.6 is 0 Å². The van der Waals surface area contributed by atoms with Crippen LogP contribution in [0.4, 0.5) is 14.6 Å². The minimum Gasteiger partial charge on any atom is -0.491 e. The van der Waals surface area contributed by atoms with Crippen LogP contribution in [-0.4, -0.2) is 86.0 Å². The van der Waals surface area contributed by atoms with Gasteiger partial charge >= 0.3 is 16.1 Å². The number of nitrogens with one attached hydrogen (secondary N) is 1. The van der Waals surface area contributed by atoms with Gasteiger partial charge in [-0.25, -0.2) is 8.78 Å². The van der Waals surface area contributed by atoms with Crippen molar-refractivity contribution in [1.29, 1.82) is 0 Å². The van der Waals surface area contributed by atoms with Gasteiger partial charge in [0.05, 0.1) is 17.0 Å². The first-order valence-electron chi connectivity index (χ1n) is 18.4. The highest BCUT2D eigenvalue weighted by Crippen LogP contribution is 2.47. The van der Waals surface area contributed by atoms with Gasteiger partial charge in [0.1, 0.15) is 47.1 Å². The molecule has 54 heavy (non-hydrogen) atoms. The molecule has 10 nitrogen and oxygen atoms in total. The molecule has 2 bridgehead atoms. The van der Waals surface area contributed by atoms with Crippen LogP contribution in [0.25, 0.3) is 32.8 Å². The number of hydrogen-bond acceptors (Lipinski definition) is 10. The molecule has 1 N–H and O–H groups in total. The van der Waals surface area contributed by atoms with Gasteiger partial charge in [0.2, 0.25) is 0 Å². The molecule has 276 valence electrons. The van der Waals surface area contributed by atoms with E-state index < -0.39 is 27.6 Å². The number of ether oxygens (including phenoxy) is 2. The molecule has 5 aliphatic heterocycles. The molecule has 6 heterocycles. The lowest BCUT2D eigenvalue weighted by Crippen LogP contribution is -2.60. The quantitative estimate of drug-likeness (QED) is 0.158. The number of benzene rings is 4. The number of hydrogen-bond donors (Lipinski definition) is 1. The second kappa shape index (κ2) is 12.5. The number of halogens is 2. The lowest BCUT2D eigenvalue weighted by atomic mass is 9.93. The summed E-state index contributed by atoms with van der Waals surface area (Å²) < 4.78 is 77.6. The third-order valence-electron chi connectivity index (χ3n) is 11.9. The van der Waals surface area contributed by atoms with Crippen molar-refractivity contribution in [3.8, 4) is 41.0 Å². The summed E-state index contributed by atoms with van der Waals surface area (Å²) in [5, 5.41) is 5.23. The van der Waals surface area contributed by atoms with E-state index in [1.807, 2.05) is 0 Å². The van der Waals surface area contributed by atoms with Crippen molar-refractivity contribution in [2.75, 3.05) is 37.7 Å². The van der Waals surface area contributed by atoms with Gasteiger partial charge in [0.25, 0.3) is 0 Å². The Balaban J connectivity index is 1.15. The number of aromatic nitrogens is 2. The van der Waals surface area contributed by atoms with Gasteiger partial charge in [0.15, 0.2) is 5.82 Å². The minimum atomic E-state index is -4.24. The van der Waals surface area contributed by atoms with E-state index in [0.717, 1.165) is 32.2 Å². The molecule has 5 aromatic rings. The summed E-state index contributed by atoms with van der Waals surface area (Å²) >= 11 is 0. The Morgan fingerprint density at radius 1 is 1.04 bits per heavy atom. The summed E-state index contributed by atoms with van der Waals surface area (Å²) in [7, 11) is -4.24. The summed E-state index contributed by atoms with van der Waals surface area (Å²) in [4.78, 5) is 14.0. The Kier molecular flexibility index (Phi) is 7.77. The molecule has 4 aromatic carbocycles. The molecule has 0 spiro atoms. The summed E-state index contributed by atoms with van der Waals surface area (Å²) in [5.74, 6) is 2.94. The molecule has 4 fully saturated rings. The fourth-order valence-electron chi connectivity index (χ4n) is 9.49. The van der Waals surface area contributed by atoms with Gasteiger partial charge in [-0.1, -0.05) is 36.3 Å². The van der Waals surface area contributed by atoms with Crippen molar-refractivity contribution in [3.63, 3.8) is 0 Å². The number of anilines is 1. The standard InChI is InChI=1S/C41H37F2N5O5S/c1-2-24-8-6-9-25-16-28(53-54(49,50)29-10-4-3-5-11-29)17-30(35(24)25)31-18-34-36-38(37(31)43)45-40(52-23-41-14-7-15-47(41)20-26(42)19-41)46-39(36)48-21-27-12-13-32(44-27)33(48)22-51-34/h1,3-6,8-11,16-18,26-27,32-33,44H,7,12-15,19-23H2/t26-,27-,32+,33-,41+/m1/s1. The Labute approximate surface area is 311 Å². The highest BCUT2D eigenvalue weighted by molar-refractivity contribution is 7.87. The maximum Gasteiger partial charge on any atom is 0.339 e. The second-order valence-corrected chi connectivity index (χ2v) is 16.6. The van der Waals surface area contributed by atoms with Gasteiger partial charge < -0.3 is 23.9 Å². The fraction of sp³-hybridized carbons (Fsp3) is 0.366. The average Bonchev–Trinajstić information content (AvgIpc) is 3.81. The Morgan fingerprint density at radius 2 is 1.91 bits per heavy atom. The number of piperazine rings is 1. The van der Waals surface area contributed by atoms with Crippen LogP contribution in [0.2, 0.25) is 0 Å². The maximum absolute atomic E-state index is 17.6. The molecule has 13 heteroatoms. The lowest BCUT2D eigenvalue weighted by molar-refractivity contribution is 0.107. The third kappa shape index (κ3) is 5.37. The Hall–Kier alpha value is -5.03. The number of terminal acetylenes is 1. The molecule has 0 aliphatic carbocycles. The minimum absolute atomic E-state index is 0.000773. The predicted octanol–water partition coefficient (Wildman–Crippen LogP) is 5.99. The number of nitrogens with zero attached hydrogens (tertiary/aromatic N) is 4. The van der Waals surface area contributed by atoms with Crippen molar-refractivity contribution >= 4 is 37.6 Å². The van der Waals surface area contributed by atoms with Gasteiger partial charge in [-0.15, -0.1) is 6.42 Å². The number of fused-ring (bicyclic) bond motifs is 7. The summed E-state index contributed by atoms with van der Waals surface area (Å²) in [5.41, 5.74) is 0.436. The zero-order chi connectivity index (χ0) is 36.8. The molecule has 4 saturated heterocycles. The fourth-order valence-corrected chi connectivity index (χ4v) is 10.4. The van der Waals surface area contributed by atoms with Crippen molar-refractivity contribution in [1.82, 2.24) is 20.2 Å². The van der Waals surface area contributed by atoms with E-state index in [0.29, 0.717) is 65.0 Å². The zero-order valence-corrected chi connectivity index (χ0v) is 30.1. The molecule has 10 rings (SSSR count). The highest BCUT2D eigenvalue weighted by Gasteiger charge is 2.50. The Bertz CT molecular complexity index is 2500. The van der Waals surface area contributed by atoms with Crippen LogP contribution in [0.1, 0.15) is 37.7 Å². The van der Waals surface area contributed by atoms with Crippen LogP contribution in [0, 0.1) is 18.2 Å². The average molecular weight is 750 g/mol. The van der Waals surface area contributed by atoms with Gasteiger partial charge in [0, 0.05) is 48.1 Å². The molecule has 0 amide bonds. The first kappa shape index (κ1) is 33.5. The maximum atomic E-state index is 17.6. The molecule has 0 unspecified atom stereocenters. The van der Waals surface area contributed by atoms with Crippen LogP contribution in [0.5, 0.6) is 17.5 Å². The van der Waals surface area contributed by atoms with Crippen LogP contribution < -0.4 is 23.9 Å². The highest BCUT2D eigenvalue weighted by atomic mass is 32.2. The van der Waals surface area contributed by atoms with Crippen LogP contribution in [-0.2, 0) is 10.1 Å². The molecular formula is C41H37F2N5O5S. The largest absolute Gasteiger partial charge is 0.491 e. The molecule has 1 aromatic heterocycles. The van der Waals surface area contributed by atoms with E-state index in [4.69, 9.17) is 30.0 Å². The van der Waals surface area contributed by atoms with Crippen LogP contribution in [0.15, 0.2) is 71.6 Å². The number of alkyl halides is 1. The van der Waals surface area contributed by atoms with E-state index in [9.17, 15) is 12.8 Å².